The maximum Gasteiger partial charge on any atom is 0.416 e. The van der Waals surface area contributed by atoms with Gasteiger partial charge >= 0.3 is 12.4 Å². The van der Waals surface area contributed by atoms with Crippen LogP contribution in [-0.4, -0.2) is 20.8 Å². The van der Waals surface area contributed by atoms with Crippen molar-refractivity contribution in [1.29, 1.82) is 0 Å². The Kier molecular flexibility index (Phi) is 6.42. The molecule has 1 aliphatic heterocycles. The van der Waals surface area contributed by atoms with Crippen molar-refractivity contribution >= 4 is 23.8 Å². The Labute approximate surface area is 193 Å². The lowest BCUT2D eigenvalue weighted by atomic mass is 10.2. The van der Waals surface area contributed by atoms with Crippen molar-refractivity contribution in [3.05, 3.63) is 71.3 Å². The van der Waals surface area contributed by atoms with Crippen molar-refractivity contribution in [3.63, 3.8) is 0 Å². The Morgan fingerprint density at radius 1 is 0.735 bits per heavy atom. The van der Waals surface area contributed by atoms with Crippen molar-refractivity contribution in [2.75, 3.05) is 20.8 Å². The molecule has 3 aromatic rings. The monoisotopic (exact) mass is 500 g/mol. The summed E-state index contributed by atoms with van der Waals surface area (Å²) >= 11 is 0. The molecule has 0 aliphatic carbocycles. The number of hydrogen-bond acceptors (Lipinski definition) is 3. The maximum absolute atomic E-state index is 13.3. The molecule has 0 aromatic heterocycles. The molecule has 0 unspecified atom stereocenters. The summed E-state index contributed by atoms with van der Waals surface area (Å²) in [5, 5.41) is 1.45. The molecular weight excluding hydrogens is 481 g/mol. The number of rotatable bonds is 5. The van der Waals surface area contributed by atoms with Crippen LogP contribution in [0.5, 0.6) is 17.2 Å². The predicted molar refractivity (Wildman–Crippen MR) is 117 cm³/mol. The standard InChI is InChI=1S/C24H19F6O3P/c1-31-17-12-15(23(25,26)27)6-8-19(17)34(21-5-3-4-14-10-11-33-22(14)21)20-9-7-16(24(28,29)30)13-18(20)32-2/h3-9,12-13H,10-11H2,1-2H3. The summed E-state index contributed by atoms with van der Waals surface area (Å²) in [6, 6.07) is 11.7. The summed E-state index contributed by atoms with van der Waals surface area (Å²) in [4.78, 5) is 0. The Morgan fingerprint density at radius 3 is 1.74 bits per heavy atom. The molecule has 1 aliphatic rings. The highest BCUT2D eigenvalue weighted by Crippen LogP contribution is 2.46. The summed E-state index contributed by atoms with van der Waals surface area (Å²) in [7, 11) is 0.797. The Balaban J connectivity index is 1.98. The van der Waals surface area contributed by atoms with Crippen molar-refractivity contribution in [3.8, 4) is 17.2 Å². The molecule has 0 fully saturated rings. The number of halogens is 6. The number of alkyl halides is 6. The third kappa shape index (κ3) is 4.53. The number of methoxy groups -OCH3 is 2. The molecule has 10 heteroatoms. The third-order valence-corrected chi connectivity index (χ3v) is 7.97. The first-order chi connectivity index (χ1) is 16.0. The second kappa shape index (κ2) is 9.02. The fourth-order valence-electron chi connectivity index (χ4n) is 3.84. The molecule has 0 radical (unpaired) electrons. The summed E-state index contributed by atoms with van der Waals surface area (Å²) in [5.74, 6) is 0.523. The Hall–Kier alpha value is -2.93. The number of ether oxygens (including phenoxy) is 3. The highest BCUT2D eigenvalue weighted by atomic mass is 31.1. The van der Waals surface area contributed by atoms with Gasteiger partial charge in [-0.15, -0.1) is 0 Å². The molecule has 0 spiro atoms. The molecule has 34 heavy (non-hydrogen) atoms. The smallest absolute Gasteiger partial charge is 0.416 e. The summed E-state index contributed by atoms with van der Waals surface area (Å²) in [6.45, 7) is 0.434. The van der Waals surface area contributed by atoms with Gasteiger partial charge in [0.15, 0.2) is 0 Å². The van der Waals surface area contributed by atoms with Crippen LogP contribution in [0.3, 0.4) is 0 Å². The Morgan fingerprint density at radius 2 is 1.26 bits per heavy atom. The van der Waals surface area contributed by atoms with Crippen LogP contribution < -0.4 is 30.1 Å². The Bertz CT molecular complexity index is 1140. The van der Waals surface area contributed by atoms with Gasteiger partial charge < -0.3 is 14.2 Å². The van der Waals surface area contributed by atoms with Gasteiger partial charge in [-0.2, -0.15) is 26.3 Å². The van der Waals surface area contributed by atoms with E-state index in [4.69, 9.17) is 14.2 Å². The van der Waals surface area contributed by atoms with Crippen LogP contribution in [0.4, 0.5) is 26.3 Å². The third-order valence-electron chi connectivity index (χ3n) is 5.43. The topological polar surface area (TPSA) is 27.7 Å². The minimum Gasteiger partial charge on any atom is -0.496 e. The fraction of sp³-hybridized carbons (Fsp3) is 0.250. The molecule has 0 atom stereocenters. The van der Waals surface area contributed by atoms with Gasteiger partial charge in [0.2, 0.25) is 0 Å². The van der Waals surface area contributed by atoms with Crippen LogP contribution in [0, 0.1) is 0 Å². The first kappa shape index (κ1) is 24.2. The normalized spacial score (nSPS) is 13.6. The van der Waals surface area contributed by atoms with E-state index >= 15 is 0 Å². The van der Waals surface area contributed by atoms with Gasteiger partial charge in [0.05, 0.1) is 32.0 Å². The van der Waals surface area contributed by atoms with Gasteiger partial charge in [0.1, 0.15) is 17.2 Å². The lowest BCUT2D eigenvalue weighted by molar-refractivity contribution is -0.138. The summed E-state index contributed by atoms with van der Waals surface area (Å²) < 4.78 is 96.5. The SMILES string of the molecule is COc1cc(C(F)(F)F)ccc1P(c1ccc(C(F)(F)F)cc1OC)c1cccc2c1OCC2. The zero-order chi connectivity index (χ0) is 24.7. The molecule has 0 amide bonds. The number of fused-ring (bicyclic) bond motifs is 1. The molecule has 3 aromatic carbocycles. The van der Waals surface area contributed by atoms with E-state index in [0.717, 1.165) is 29.8 Å². The highest BCUT2D eigenvalue weighted by Gasteiger charge is 2.36. The number of benzene rings is 3. The lowest BCUT2D eigenvalue weighted by Gasteiger charge is -2.26. The summed E-state index contributed by atoms with van der Waals surface area (Å²) in [6.07, 6.45) is -8.52. The molecule has 1 heterocycles. The molecule has 0 N–H and O–H groups in total. The average molecular weight is 500 g/mol. The van der Waals surface area contributed by atoms with Crippen LogP contribution in [0.1, 0.15) is 16.7 Å². The van der Waals surface area contributed by atoms with Crippen molar-refractivity contribution in [2.45, 2.75) is 18.8 Å². The molecule has 0 bridgehead atoms. The molecule has 4 rings (SSSR count). The predicted octanol–water partition coefficient (Wildman–Crippen LogP) is 5.43. The van der Waals surface area contributed by atoms with Gasteiger partial charge in [-0.3, -0.25) is 0 Å². The van der Waals surface area contributed by atoms with Crippen molar-refractivity contribution in [2.24, 2.45) is 0 Å². The minimum absolute atomic E-state index is 0.0292. The van der Waals surface area contributed by atoms with Crippen molar-refractivity contribution < 1.29 is 40.6 Å². The molecule has 3 nitrogen and oxygen atoms in total. The highest BCUT2D eigenvalue weighted by molar-refractivity contribution is 7.80. The second-order valence-corrected chi connectivity index (χ2v) is 9.58. The quantitative estimate of drug-likeness (QED) is 0.345. The first-order valence-electron chi connectivity index (χ1n) is 10.1. The van der Waals surface area contributed by atoms with Crippen LogP contribution in [-0.2, 0) is 18.8 Å². The zero-order valence-electron chi connectivity index (χ0n) is 18.1. The largest absolute Gasteiger partial charge is 0.496 e. The average Bonchev–Trinajstić information content (AvgIpc) is 3.28. The van der Waals surface area contributed by atoms with E-state index in [9.17, 15) is 26.3 Å². The minimum atomic E-state index is -4.59. The van der Waals surface area contributed by atoms with Gasteiger partial charge in [-0.25, -0.2) is 0 Å². The fourth-order valence-corrected chi connectivity index (χ4v) is 6.47. The van der Waals surface area contributed by atoms with E-state index < -0.39 is 31.4 Å². The number of para-hydroxylation sites is 1. The van der Waals surface area contributed by atoms with E-state index in [-0.39, 0.29) is 11.5 Å². The van der Waals surface area contributed by atoms with E-state index in [1.807, 2.05) is 6.07 Å². The van der Waals surface area contributed by atoms with Gasteiger partial charge in [-0.1, -0.05) is 18.2 Å². The van der Waals surface area contributed by atoms with Crippen LogP contribution in [0.25, 0.3) is 0 Å². The van der Waals surface area contributed by atoms with E-state index in [0.29, 0.717) is 34.7 Å². The molecule has 0 saturated heterocycles. The first-order valence-corrected chi connectivity index (χ1v) is 11.4. The van der Waals surface area contributed by atoms with Gasteiger partial charge in [0.25, 0.3) is 0 Å². The lowest BCUT2D eigenvalue weighted by Crippen LogP contribution is -2.25. The molecule has 180 valence electrons. The second-order valence-electron chi connectivity index (χ2n) is 7.47. The summed E-state index contributed by atoms with van der Waals surface area (Å²) in [5.41, 5.74) is -0.865. The van der Waals surface area contributed by atoms with Gasteiger partial charge in [-0.05, 0) is 49.9 Å². The maximum atomic E-state index is 13.3. The van der Waals surface area contributed by atoms with E-state index in [1.54, 1.807) is 12.1 Å². The van der Waals surface area contributed by atoms with Crippen molar-refractivity contribution in [1.82, 2.24) is 0 Å². The van der Waals surface area contributed by atoms with E-state index in [1.165, 1.54) is 26.4 Å². The van der Waals surface area contributed by atoms with Crippen LogP contribution in [0.15, 0.2) is 54.6 Å². The zero-order valence-corrected chi connectivity index (χ0v) is 18.9. The van der Waals surface area contributed by atoms with Crippen LogP contribution >= 0.6 is 7.92 Å². The molecule has 0 saturated carbocycles. The molecular formula is C24H19F6O3P. The van der Waals surface area contributed by atoms with Gasteiger partial charge in [0, 0.05) is 22.3 Å². The number of hydrogen-bond donors (Lipinski definition) is 0. The van der Waals surface area contributed by atoms with E-state index in [2.05, 4.69) is 0 Å². The van der Waals surface area contributed by atoms with Crippen LogP contribution in [0.2, 0.25) is 0 Å².